The van der Waals surface area contributed by atoms with E-state index < -0.39 is 5.60 Å². The van der Waals surface area contributed by atoms with Gasteiger partial charge < -0.3 is 24.4 Å². The molecule has 1 rings (SSSR count). The van der Waals surface area contributed by atoms with Gasteiger partial charge in [0.15, 0.2) is 0 Å². The number of ether oxygens (including phenoxy) is 2. The molecule has 0 saturated carbocycles. The summed E-state index contributed by atoms with van der Waals surface area (Å²) in [6.45, 7) is 13.3. The molecule has 7 nitrogen and oxygen atoms in total. The second-order valence-corrected chi connectivity index (χ2v) is 17.8. The zero-order chi connectivity index (χ0) is 39.7. The minimum Gasteiger partial charge on any atom is -0.465 e. The lowest BCUT2D eigenvalue weighted by molar-refractivity contribution is -0.150. The monoisotopic (exact) mass is 765 g/mol. The fraction of sp³-hybridized carbons (Fsp3) is 0.957. The van der Waals surface area contributed by atoms with Crippen molar-refractivity contribution >= 4 is 11.9 Å². The number of unbranched alkanes of at least 4 members (excludes halogenated alkanes) is 15. The van der Waals surface area contributed by atoms with Gasteiger partial charge in [0, 0.05) is 38.4 Å². The van der Waals surface area contributed by atoms with Crippen LogP contribution in [0.3, 0.4) is 0 Å². The molecule has 0 amide bonds. The second-order valence-electron chi connectivity index (χ2n) is 17.8. The zero-order valence-electron chi connectivity index (χ0n) is 37.0. The number of rotatable bonds is 37. The van der Waals surface area contributed by atoms with Crippen LogP contribution in [-0.4, -0.2) is 85.9 Å². The summed E-state index contributed by atoms with van der Waals surface area (Å²) in [5.41, 5.74) is -0.577. The molecular weight excluding hydrogens is 673 g/mol. The maximum Gasteiger partial charge on any atom is 0.306 e. The van der Waals surface area contributed by atoms with Crippen LogP contribution >= 0.6 is 0 Å². The van der Waals surface area contributed by atoms with Gasteiger partial charge in [0.2, 0.25) is 0 Å². The number of nitrogens with zero attached hydrogens (tertiary/aromatic N) is 2. The molecule has 1 aliphatic heterocycles. The van der Waals surface area contributed by atoms with Gasteiger partial charge >= 0.3 is 11.9 Å². The predicted molar refractivity (Wildman–Crippen MR) is 229 cm³/mol. The lowest BCUT2D eigenvalue weighted by atomic mass is 9.91. The van der Waals surface area contributed by atoms with Gasteiger partial charge in [0.1, 0.15) is 0 Å². The Balaban J connectivity index is 2.75. The summed E-state index contributed by atoms with van der Waals surface area (Å²) in [7, 11) is 4.06. The largest absolute Gasteiger partial charge is 0.465 e. The van der Waals surface area contributed by atoms with E-state index in [9.17, 15) is 14.7 Å². The van der Waals surface area contributed by atoms with E-state index in [2.05, 4.69) is 37.5 Å². The van der Waals surface area contributed by atoms with Crippen LogP contribution in [0.25, 0.3) is 0 Å². The third kappa shape index (κ3) is 28.3. The molecule has 1 heterocycles. The third-order valence-corrected chi connectivity index (χ3v) is 12.0. The molecule has 320 valence electrons. The molecule has 2 unspecified atom stereocenters. The number of likely N-dealkylation sites (tertiary alicyclic amines) is 1. The maximum atomic E-state index is 13.3. The Morgan fingerprint density at radius 3 is 1.31 bits per heavy atom. The molecule has 1 aliphatic rings. The van der Waals surface area contributed by atoms with Crippen molar-refractivity contribution in [3.8, 4) is 0 Å². The van der Waals surface area contributed by atoms with Crippen LogP contribution in [0, 0.1) is 17.8 Å². The molecule has 1 fully saturated rings. The summed E-state index contributed by atoms with van der Waals surface area (Å²) in [5.74, 6) is 0.688. The Bertz CT molecular complexity index is 862. The molecule has 2 atom stereocenters. The highest BCUT2D eigenvalue weighted by Gasteiger charge is 2.32. The van der Waals surface area contributed by atoms with Crippen molar-refractivity contribution in [2.75, 3.05) is 53.5 Å². The summed E-state index contributed by atoms with van der Waals surface area (Å²) >= 11 is 0. The van der Waals surface area contributed by atoms with Gasteiger partial charge in [0.05, 0.1) is 18.8 Å². The number of aliphatic hydroxyl groups is 1. The number of likely N-dealkylation sites (N-methyl/N-ethyl adjacent to an activating group) is 1. The minimum absolute atomic E-state index is 0.0265. The number of hydrogen-bond acceptors (Lipinski definition) is 7. The predicted octanol–water partition coefficient (Wildman–Crippen LogP) is 11.9. The summed E-state index contributed by atoms with van der Waals surface area (Å²) < 4.78 is 12.0. The number of piperidine rings is 1. The fourth-order valence-electron chi connectivity index (χ4n) is 8.42. The standard InChI is InChI=1S/C47H92N2O5/c1-7-11-15-19-20-24-30-43(29-23-18-14-10-4)38-46(51)54-40-44(31-25-26-34-49-35-32-47(52,33-36-49)41-48(5)6)39-53-45(50)37-42(27-21-16-12-8-2)28-22-17-13-9-3/h42-44,52H,7-41H2,1-6H3. The molecule has 1 N–H and O–H groups in total. The third-order valence-electron chi connectivity index (χ3n) is 12.0. The highest BCUT2D eigenvalue weighted by molar-refractivity contribution is 5.70. The van der Waals surface area contributed by atoms with Gasteiger partial charge in [-0.25, -0.2) is 0 Å². The van der Waals surface area contributed by atoms with Gasteiger partial charge in [-0.2, -0.15) is 0 Å². The molecule has 0 spiro atoms. The van der Waals surface area contributed by atoms with Crippen molar-refractivity contribution in [2.45, 2.75) is 219 Å². The topological polar surface area (TPSA) is 79.3 Å². The van der Waals surface area contributed by atoms with Gasteiger partial charge in [-0.05, 0) is 83.8 Å². The lowest BCUT2D eigenvalue weighted by Crippen LogP contribution is -2.49. The quantitative estimate of drug-likeness (QED) is 0.0498. The first-order valence-corrected chi connectivity index (χ1v) is 23.5. The van der Waals surface area contributed by atoms with Crippen LogP contribution in [0.15, 0.2) is 0 Å². The Labute approximate surface area is 335 Å². The lowest BCUT2D eigenvalue weighted by Gasteiger charge is -2.39. The van der Waals surface area contributed by atoms with E-state index >= 15 is 0 Å². The van der Waals surface area contributed by atoms with Crippen LogP contribution in [0.2, 0.25) is 0 Å². The van der Waals surface area contributed by atoms with Crippen LogP contribution in [0.5, 0.6) is 0 Å². The van der Waals surface area contributed by atoms with Crippen LogP contribution < -0.4 is 0 Å². The first-order valence-electron chi connectivity index (χ1n) is 23.5. The van der Waals surface area contributed by atoms with Crippen molar-refractivity contribution in [3.05, 3.63) is 0 Å². The van der Waals surface area contributed by atoms with Crippen molar-refractivity contribution in [1.82, 2.24) is 9.80 Å². The van der Waals surface area contributed by atoms with Crippen LogP contribution in [0.4, 0.5) is 0 Å². The van der Waals surface area contributed by atoms with E-state index in [1.807, 2.05) is 14.1 Å². The molecule has 0 aromatic carbocycles. The van der Waals surface area contributed by atoms with Crippen LogP contribution in [-0.2, 0) is 19.1 Å². The van der Waals surface area contributed by atoms with E-state index in [1.165, 1.54) is 116 Å². The average Bonchev–Trinajstić information content (AvgIpc) is 3.14. The molecule has 0 bridgehead atoms. The SMILES string of the molecule is CCCCCCCCC(CCCCCC)CC(=O)OCC(CCCCN1CCC(O)(CN(C)C)CC1)COC(=O)CC(CCCCCC)CCCCCC. The Kier molecular flexibility index (Phi) is 31.9. The number of esters is 2. The van der Waals surface area contributed by atoms with Crippen LogP contribution in [0.1, 0.15) is 214 Å². The molecular formula is C47H92N2O5. The van der Waals surface area contributed by atoms with E-state index in [-0.39, 0.29) is 17.9 Å². The van der Waals surface area contributed by atoms with Gasteiger partial charge in [-0.15, -0.1) is 0 Å². The highest BCUT2D eigenvalue weighted by atomic mass is 16.5. The van der Waals surface area contributed by atoms with E-state index in [0.717, 1.165) is 84.0 Å². The Morgan fingerprint density at radius 1 is 0.556 bits per heavy atom. The smallest absolute Gasteiger partial charge is 0.306 e. The Hall–Kier alpha value is -1.18. The normalized spacial score (nSPS) is 15.9. The molecule has 54 heavy (non-hydrogen) atoms. The number of hydrogen-bond donors (Lipinski definition) is 1. The zero-order valence-corrected chi connectivity index (χ0v) is 37.0. The summed E-state index contributed by atoms with van der Waals surface area (Å²) in [6, 6.07) is 0. The van der Waals surface area contributed by atoms with Crippen molar-refractivity contribution in [2.24, 2.45) is 17.8 Å². The second kappa shape index (κ2) is 33.9. The van der Waals surface area contributed by atoms with E-state index in [1.54, 1.807) is 0 Å². The van der Waals surface area contributed by atoms with Gasteiger partial charge in [0.25, 0.3) is 0 Å². The molecule has 0 aromatic heterocycles. The first kappa shape index (κ1) is 50.8. The fourth-order valence-corrected chi connectivity index (χ4v) is 8.42. The molecule has 7 heteroatoms. The summed E-state index contributed by atoms with van der Waals surface area (Å²) in [5, 5.41) is 10.9. The molecule has 1 saturated heterocycles. The van der Waals surface area contributed by atoms with Gasteiger partial charge in [-0.3, -0.25) is 9.59 Å². The first-order chi connectivity index (χ1) is 26.1. The van der Waals surface area contributed by atoms with Crippen molar-refractivity contribution < 1.29 is 24.2 Å². The van der Waals surface area contributed by atoms with Crippen molar-refractivity contribution in [1.29, 1.82) is 0 Å². The van der Waals surface area contributed by atoms with E-state index in [0.29, 0.717) is 37.9 Å². The average molecular weight is 765 g/mol. The van der Waals surface area contributed by atoms with E-state index in [4.69, 9.17) is 9.47 Å². The highest BCUT2D eigenvalue weighted by Crippen LogP contribution is 2.26. The molecule has 0 aliphatic carbocycles. The summed E-state index contributed by atoms with van der Waals surface area (Å²) in [4.78, 5) is 31.1. The van der Waals surface area contributed by atoms with Crippen molar-refractivity contribution in [3.63, 3.8) is 0 Å². The van der Waals surface area contributed by atoms with Gasteiger partial charge in [-0.1, -0.05) is 150 Å². The molecule has 0 radical (unpaired) electrons. The Morgan fingerprint density at radius 2 is 0.907 bits per heavy atom. The minimum atomic E-state index is -0.577. The number of carbonyl (C=O) groups is 2. The molecule has 0 aromatic rings. The number of carbonyl (C=O) groups excluding carboxylic acids is 2. The summed E-state index contributed by atoms with van der Waals surface area (Å²) in [6.07, 6.45) is 32.6. The maximum absolute atomic E-state index is 13.3.